The summed E-state index contributed by atoms with van der Waals surface area (Å²) in [6.07, 6.45) is 5.05. The Hall–Kier alpha value is -1.94. The summed E-state index contributed by atoms with van der Waals surface area (Å²) in [5, 5.41) is 0. The molecule has 0 fully saturated rings. The third kappa shape index (κ3) is 2.55. The van der Waals surface area contributed by atoms with Gasteiger partial charge in [0.1, 0.15) is 5.75 Å². The zero-order chi connectivity index (χ0) is 11.4. The molecule has 0 saturated heterocycles. The lowest BCUT2D eigenvalue weighted by molar-refractivity contribution is 0.460. The second-order valence-electron chi connectivity index (χ2n) is 3.51. The van der Waals surface area contributed by atoms with Gasteiger partial charge in [-0.2, -0.15) is 0 Å². The zero-order valence-electron chi connectivity index (χ0n) is 9.00. The highest BCUT2D eigenvalue weighted by Crippen LogP contribution is 2.18. The first kappa shape index (κ1) is 10.6. The normalized spacial score (nSPS) is 12.1. The van der Waals surface area contributed by atoms with Crippen molar-refractivity contribution in [1.29, 1.82) is 0 Å². The number of nitrogens with zero attached hydrogens (tertiary/aromatic N) is 2. The van der Waals surface area contributed by atoms with Crippen molar-refractivity contribution in [2.24, 2.45) is 5.73 Å². The molecule has 2 aromatic rings. The number of hydrogen-bond donors (Lipinski definition) is 1. The molecule has 2 heterocycles. The Morgan fingerprint density at radius 3 is 2.69 bits per heavy atom. The van der Waals surface area contributed by atoms with Crippen LogP contribution in [0.15, 0.2) is 42.9 Å². The molecule has 0 radical (unpaired) electrons. The summed E-state index contributed by atoms with van der Waals surface area (Å²) in [6, 6.07) is 7.33. The van der Waals surface area contributed by atoms with Crippen LogP contribution in [-0.2, 0) is 0 Å². The van der Waals surface area contributed by atoms with Crippen LogP contribution in [-0.4, -0.2) is 9.97 Å². The van der Waals surface area contributed by atoms with Gasteiger partial charge in [0.15, 0.2) is 0 Å². The second kappa shape index (κ2) is 4.72. The molecule has 0 amide bonds. The van der Waals surface area contributed by atoms with Gasteiger partial charge in [-0.05, 0) is 24.6 Å². The van der Waals surface area contributed by atoms with E-state index in [2.05, 4.69) is 9.97 Å². The van der Waals surface area contributed by atoms with Crippen LogP contribution in [0.2, 0.25) is 0 Å². The van der Waals surface area contributed by atoms with Crippen LogP contribution < -0.4 is 10.5 Å². The Labute approximate surface area is 94.1 Å². The summed E-state index contributed by atoms with van der Waals surface area (Å²) in [5.74, 6) is 1.21. The van der Waals surface area contributed by atoms with Crippen molar-refractivity contribution in [1.82, 2.24) is 9.97 Å². The van der Waals surface area contributed by atoms with E-state index in [-0.39, 0.29) is 6.04 Å². The summed E-state index contributed by atoms with van der Waals surface area (Å²) in [5.41, 5.74) is 6.71. The third-order valence-corrected chi connectivity index (χ3v) is 2.14. The summed E-state index contributed by atoms with van der Waals surface area (Å²) < 4.78 is 5.50. The molecule has 0 aliphatic rings. The number of aromatic nitrogens is 2. The fourth-order valence-electron chi connectivity index (χ4n) is 1.25. The van der Waals surface area contributed by atoms with E-state index in [9.17, 15) is 0 Å². The molecule has 0 saturated carbocycles. The second-order valence-corrected chi connectivity index (χ2v) is 3.51. The SMILES string of the molecule is CC(N)c1ccc(Oc2cccnc2)nc1. The van der Waals surface area contributed by atoms with Crippen molar-refractivity contribution in [3.8, 4) is 11.6 Å². The summed E-state index contributed by atoms with van der Waals surface area (Å²) in [4.78, 5) is 8.12. The Bertz CT molecular complexity index is 440. The lowest BCUT2D eigenvalue weighted by Gasteiger charge is -2.07. The molecule has 16 heavy (non-hydrogen) atoms. The Morgan fingerprint density at radius 1 is 1.25 bits per heavy atom. The molecular formula is C12H13N3O. The number of rotatable bonds is 3. The summed E-state index contributed by atoms with van der Waals surface area (Å²) in [6.45, 7) is 1.92. The molecule has 0 aliphatic heterocycles. The number of hydrogen-bond acceptors (Lipinski definition) is 4. The van der Waals surface area contributed by atoms with E-state index < -0.39 is 0 Å². The van der Waals surface area contributed by atoms with Gasteiger partial charge in [-0.1, -0.05) is 6.07 Å². The highest BCUT2D eigenvalue weighted by molar-refractivity contribution is 5.25. The van der Waals surface area contributed by atoms with E-state index in [1.807, 2.05) is 25.1 Å². The van der Waals surface area contributed by atoms with E-state index in [1.165, 1.54) is 0 Å². The van der Waals surface area contributed by atoms with E-state index in [1.54, 1.807) is 24.7 Å². The van der Waals surface area contributed by atoms with Gasteiger partial charge in [0, 0.05) is 24.5 Å². The Morgan fingerprint density at radius 2 is 2.12 bits per heavy atom. The topological polar surface area (TPSA) is 61.0 Å². The van der Waals surface area contributed by atoms with Gasteiger partial charge in [0.05, 0.1) is 6.20 Å². The molecule has 0 aromatic carbocycles. The quantitative estimate of drug-likeness (QED) is 0.853. The molecule has 0 bridgehead atoms. The van der Waals surface area contributed by atoms with Crippen LogP contribution in [0.25, 0.3) is 0 Å². The zero-order valence-corrected chi connectivity index (χ0v) is 9.00. The largest absolute Gasteiger partial charge is 0.437 e. The predicted molar refractivity (Wildman–Crippen MR) is 61.2 cm³/mol. The molecule has 2 N–H and O–H groups in total. The summed E-state index contributed by atoms with van der Waals surface area (Å²) >= 11 is 0. The van der Waals surface area contributed by atoms with Crippen LogP contribution in [0.3, 0.4) is 0 Å². The molecule has 0 spiro atoms. The van der Waals surface area contributed by atoms with Crippen molar-refractivity contribution in [2.75, 3.05) is 0 Å². The number of nitrogens with two attached hydrogens (primary N) is 1. The minimum Gasteiger partial charge on any atom is -0.437 e. The minimum absolute atomic E-state index is 0.0139. The van der Waals surface area contributed by atoms with Crippen LogP contribution in [0, 0.1) is 0 Å². The fourth-order valence-corrected chi connectivity index (χ4v) is 1.25. The van der Waals surface area contributed by atoms with Gasteiger partial charge in [0.2, 0.25) is 5.88 Å². The van der Waals surface area contributed by atoms with E-state index in [0.29, 0.717) is 11.6 Å². The van der Waals surface area contributed by atoms with Crippen LogP contribution in [0.4, 0.5) is 0 Å². The molecule has 4 heteroatoms. The molecule has 4 nitrogen and oxygen atoms in total. The van der Waals surface area contributed by atoms with Gasteiger partial charge in [-0.3, -0.25) is 4.98 Å². The lowest BCUT2D eigenvalue weighted by atomic mass is 10.2. The van der Waals surface area contributed by atoms with E-state index >= 15 is 0 Å². The van der Waals surface area contributed by atoms with Crippen LogP contribution in [0.1, 0.15) is 18.5 Å². The van der Waals surface area contributed by atoms with Gasteiger partial charge in [-0.15, -0.1) is 0 Å². The first-order valence-electron chi connectivity index (χ1n) is 5.05. The highest BCUT2D eigenvalue weighted by Gasteiger charge is 2.01. The smallest absolute Gasteiger partial charge is 0.219 e. The molecular weight excluding hydrogens is 202 g/mol. The molecule has 0 aliphatic carbocycles. The minimum atomic E-state index is -0.0139. The molecule has 2 rings (SSSR count). The number of pyridine rings is 2. The average Bonchev–Trinajstić information content (AvgIpc) is 2.31. The van der Waals surface area contributed by atoms with Gasteiger partial charge < -0.3 is 10.5 Å². The van der Waals surface area contributed by atoms with E-state index in [4.69, 9.17) is 10.5 Å². The number of ether oxygens (including phenoxy) is 1. The summed E-state index contributed by atoms with van der Waals surface area (Å²) in [7, 11) is 0. The van der Waals surface area contributed by atoms with E-state index in [0.717, 1.165) is 5.56 Å². The Kier molecular flexibility index (Phi) is 3.12. The predicted octanol–water partition coefficient (Wildman–Crippen LogP) is 2.29. The van der Waals surface area contributed by atoms with Crippen LogP contribution >= 0.6 is 0 Å². The van der Waals surface area contributed by atoms with Crippen molar-refractivity contribution in [2.45, 2.75) is 13.0 Å². The molecule has 82 valence electrons. The monoisotopic (exact) mass is 215 g/mol. The maximum absolute atomic E-state index is 5.73. The third-order valence-electron chi connectivity index (χ3n) is 2.14. The van der Waals surface area contributed by atoms with Gasteiger partial charge >= 0.3 is 0 Å². The standard InChI is InChI=1S/C12H13N3O/c1-9(13)10-4-5-12(15-7-10)16-11-3-2-6-14-8-11/h2-9H,13H2,1H3. The maximum atomic E-state index is 5.73. The van der Waals surface area contributed by atoms with Gasteiger partial charge in [-0.25, -0.2) is 4.98 Å². The highest BCUT2D eigenvalue weighted by atomic mass is 16.5. The van der Waals surface area contributed by atoms with Crippen molar-refractivity contribution >= 4 is 0 Å². The lowest BCUT2D eigenvalue weighted by Crippen LogP contribution is -2.05. The molecule has 2 aromatic heterocycles. The van der Waals surface area contributed by atoms with Crippen molar-refractivity contribution in [3.63, 3.8) is 0 Å². The first-order chi connectivity index (χ1) is 7.75. The molecule has 1 atom stereocenters. The Balaban J connectivity index is 2.11. The van der Waals surface area contributed by atoms with Gasteiger partial charge in [0.25, 0.3) is 0 Å². The van der Waals surface area contributed by atoms with Crippen molar-refractivity contribution in [3.05, 3.63) is 48.4 Å². The maximum Gasteiger partial charge on any atom is 0.219 e. The first-order valence-corrected chi connectivity index (χ1v) is 5.05. The van der Waals surface area contributed by atoms with Crippen molar-refractivity contribution < 1.29 is 4.74 Å². The average molecular weight is 215 g/mol. The molecule has 1 unspecified atom stereocenters. The fraction of sp³-hybridized carbons (Fsp3) is 0.167. The van der Waals surface area contributed by atoms with Crippen LogP contribution in [0.5, 0.6) is 11.6 Å².